The quantitative estimate of drug-likeness (QED) is 0.684. The van der Waals surface area contributed by atoms with Crippen LogP contribution in [-0.4, -0.2) is 44.6 Å². The summed E-state index contributed by atoms with van der Waals surface area (Å²) >= 11 is 0. The van der Waals surface area contributed by atoms with E-state index in [1.54, 1.807) is 7.11 Å². The van der Waals surface area contributed by atoms with Crippen LogP contribution in [-0.2, 0) is 4.74 Å². The van der Waals surface area contributed by atoms with Gasteiger partial charge in [-0.25, -0.2) is 4.39 Å². The highest BCUT2D eigenvalue weighted by Gasteiger charge is 2.11. The van der Waals surface area contributed by atoms with Crippen molar-refractivity contribution in [2.24, 2.45) is 0 Å². The molecule has 1 rings (SSSR count). The van der Waals surface area contributed by atoms with E-state index in [2.05, 4.69) is 5.32 Å². The highest BCUT2D eigenvalue weighted by Crippen LogP contribution is 2.18. The molecule has 0 bridgehead atoms. The van der Waals surface area contributed by atoms with Crippen molar-refractivity contribution in [3.05, 3.63) is 29.8 Å². The summed E-state index contributed by atoms with van der Waals surface area (Å²) in [5, 5.41) is 12.5. The number of benzene rings is 1. The van der Waals surface area contributed by atoms with E-state index in [0.29, 0.717) is 19.7 Å². The second kappa shape index (κ2) is 7.97. The minimum absolute atomic E-state index is 0.111. The maximum absolute atomic E-state index is 13.2. The van der Waals surface area contributed by atoms with Crippen LogP contribution in [0.25, 0.3) is 0 Å². The largest absolute Gasteiger partial charge is 0.488 e. The van der Waals surface area contributed by atoms with Crippen LogP contribution in [0.4, 0.5) is 8.78 Å². The van der Waals surface area contributed by atoms with E-state index >= 15 is 0 Å². The average Bonchev–Trinajstić information content (AvgIpc) is 2.36. The number of methoxy groups -OCH3 is 1. The molecule has 6 heteroatoms. The van der Waals surface area contributed by atoms with Crippen LogP contribution in [0.3, 0.4) is 0 Å². The SMILES string of the molecule is COCCNCC(O)COc1cccc(F)c1F. The zero-order chi connectivity index (χ0) is 13.4. The minimum atomic E-state index is -1.04. The fourth-order valence-corrected chi connectivity index (χ4v) is 1.28. The third-order valence-corrected chi connectivity index (χ3v) is 2.21. The van der Waals surface area contributed by atoms with Crippen LogP contribution in [0.2, 0.25) is 0 Å². The first-order valence-corrected chi connectivity index (χ1v) is 5.59. The number of halogens is 2. The Balaban J connectivity index is 2.29. The standard InChI is InChI=1S/C12H17F2NO3/c1-17-6-5-15-7-9(16)8-18-11-4-2-3-10(13)12(11)14/h2-4,9,15-16H,5-8H2,1H3. The predicted molar refractivity (Wildman–Crippen MR) is 62.6 cm³/mol. The number of aliphatic hydroxyl groups is 1. The molecule has 0 aromatic heterocycles. The summed E-state index contributed by atoms with van der Waals surface area (Å²) in [5.74, 6) is -2.22. The van der Waals surface area contributed by atoms with Crippen molar-refractivity contribution < 1.29 is 23.4 Å². The molecule has 0 aliphatic rings. The summed E-state index contributed by atoms with van der Waals surface area (Å²) in [4.78, 5) is 0. The van der Waals surface area contributed by atoms with Gasteiger partial charge in [-0.2, -0.15) is 4.39 Å². The van der Waals surface area contributed by atoms with Gasteiger partial charge in [-0.15, -0.1) is 0 Å². The van der Waals surface area contributed by atoms with Gasteiger partial charge in [-0.05, 0) is 12.1 Å². The molecule has 0 saturated heterocycles. The Morgan fingerprint density at radius 3 is 2.89 bits per heavy atom. The maximum atomic E-state index is 13.2. The van der Waals surface area contributed by atoms with Gasteiger partial charge >= 0.3 is 0 Å². The number of ether oxygens (including phenoxy) is 2. The molecular formula is C12H17F2NO3. The van der Waals surface area contributed by atoms with Gasteiger partial charge in [0.1, 0.15) is 12.7 Å². The van der Waals surface area contributed by atoms with Gasteiger partial charge < -0.3 is 19.9 Å². The van der Waals surface area contributed by atoms with Crippen LogP contribution in [0, 0.1) is 11.6 Å². The molecular weight excluding hydrogens is 244 g/mol. The lowest BCUT2D eigenvalue weighted by Gasteiger charge is -2.13. The highest BCUT2D eigenvalue weighted by atomic mass is 19.2. The van der Waals surface area contributed by atoms with Gasteiger partial charge in [0.2, 0.25) is 5.82 Å². The number of hydrogen-bond donors (Lipinski definition) is 2. The van der Waals surface area contributed by atoms with Crippen LogP contribution >= 0.6 is 0 Å². The van der Waals surface area contributed by atoms with Crippen molar-refractivity contribution >= 4 is 0 Å². The van der Waals surface area contributed by atoms with Crippen LogP contribution < -0.4 is 10.1 Å². The Kier molecular flexibility index (Phi) is 6.56. The zero-order valence-electron chi connectivity index (χ0n) is 10.2. The van der Waals surface area contributed by atoms with Gasteiger partial charge in [0.25, 0.3) is 0 Å². The van der Waals surface area contributed by atoms with E-state index in [-0.39, 0.29) is 12.4 Å². The number of hydrogen-bond acceptors (Lipinski definition) is 4. The zero-order valence-corrected chi connectivity index (χ0v) is 10.2. The Bertz CT molecular complexity index is 363. The molecule has 0 spiro atoms. The normalized spacial score (nSPS) is 12.4. The van der Waals surface area contributed by atoms with Gasteiger partial charge in [0, 0.05) is 20.2 Å². The lowest BCUT2D eigenvalue weighted by atomic mass is 10.3. The molecule has 0 aliphatic carbocycles. The Hall–Kier alpha value is -1.24. The van der Waals surface area contributed by atoms with Gasteiger partial charge in [0.05, 0.1) is 6.61 Å². The van der Waals surface area contributed by atoms with Crippen molar-refractivity contribution in [2.45, 2.75) is 6.10 Å². The second-order valence-corrected chi connectivity index (χ2v) is 3.71. The van der Waals surface area contributed by atoms with Gasteiger partial charge in [-0.1, -0.05) is 6.07 Å². The second-order valence-electron chi connectivity index (χ2n) is 3.71. The van der Waals surface area contributed by atoms with Crippen molar-refractivity contribution in [3.8, 4) is 5.75 Å². The lowest BCUT2D eigenvalue weighted by Crippen LogP contribution is -2.33. The highest BCUT2D eigenvalue weighted by molar-refractivity contribution is 5.25. The lowest BCUT2D eigenvalue weighted by molar-refractivity contribution is 0.101. The van der Waals surface area contributed by atoms with Crippen molar-refractivity contribution in [2.75, 3.05) is 33.4 Å². The van der Waals surface area contributed by atoms with E-state index < -0.39 is 17.7 Å². The maximum Gasteiger partial charge on any atom is 0.200 e. The molecule has 102 valence electrons. The summed E-state index contributed by atoms with van der Waals surface area (Å²) in [5.41, 5.74) is 0. The molecule has 0 heterocycles. The number of aliphatic hydroxyl groups excluding tert-OH is 1. The van der Waals surface area contributed by atoms with Crippen LogP contribution in [0.15, 0.2) is 18.2 Å². The fourth-order valence-electron chi connectivity index (χ4n) is 1.28. The number of rotatable bonds is 8. The monoisotopic (exact) mass is 261 g/mol. The first-order valence-electron chi connectivity index (χ1n) is 5.59. The van der Waals surface area contributed by atoms with E-state index in [4.69, 9.17) is 9.47 Å². The third kappa shape index (κ3) is 4.95. The molecule has 0 radical (unpaired) electrons. The average molecular weight is 261 g/mol. The Morgan fingerprint density at radius 1 is 1.39 bits per heavy atom. The number of nitrogens with one attached hydrogen (secondary N) is 1. The Morgan fingerprint density at radius 2 is 2.17 bits per heavy atom. The molecule has 18 heavy (non-hydrogen) atoms. The summed E-state index contributed by atoms with van der Waals surface area (Å²) in [7, 11) is 1.58. The first kappa shape index (κ1) is 14.8. The van der Waals surface area contributed by atoms with E-state index in [0.717, 1.165) is 6.07 Å². The molecule has 0 fully saturated rings. The van der Waals surface area contributed by atoms with Crippen molar-refractivity contribution in [1.29, 1.82) is 0 Å². The topological polar surface area (TPSA) is 50.7 Å². The molecule has 0 saturated carbocycles. The van der Waals surface area contributed by atoms with E-state index in [1.165, 1.54) is 12.1 Å². The Labute approximate surface area is 105 Å². The van der Waals surface area contributed by atoms with Crippen molar-refractivity contribution in [1.82, 2.24) is 5.32 Å². The fraction of sp³-hybridized carbons (Fsp3) is 0.500. The minimum Gasteiger partial charge on any atom is -0.488 e. The molecule has 1 atom stereocenters. The molecule has 1 aromatic rings. The first-order chi connectivity index (χ1) is 8.65. The summed E-state index contributed by atoms with van der Waals surface area (Å²) < 4.78 is 35.9. The van der Waals surface area contributed by atoms with Crippen LogP contribution in [0.5, 0.6) is 5.75 Å². The van der Waals surface area contributed by atoms with E-state index in [1.807, 2.05) is 0 Å². The summed E-state index contributed by atoms with van der Waals surface area (Å²) in [6, 6.07) is 3.66. The van der Waals surface area contributed by atoms with E-state index in [9.17, 15) is 13.9 Å². The smallest absolute Gasteiger partial charge is 0.200 e. The molecule has 2 N–H and O–H groups in total. The molecule has 4 nitrogen and oxygen atoms in total. The predicted octanol–water partition coefficient (Wildman–Crippen LogP) is 0.940. The third-order valence-electron chi connectivity index (χ3n) is 2.21. The molecule has 1 unspecified atom stereocenters. The van der Waals surface area contributed by atoms with Crippen molar-refractivity contribution in [3.63, 3.8) is 0 Å². The van der Waals surface area contributed by atoms with Gasteiger partial charge in [-0.3, -0.25) is 0 Å². The summed E-state index contributed by atoms with van der Waals surface area (Å²) in [6.45, 7) is 1.31. The molecule has 0 aliphatic heterocycles. The molecule has 0 amide bonds. The summed E-state index contributed by atoms with van der Waals surface area (Å²) in [6.07, 6.45) is -0.801. The van der Waals surface area contributed by atoms with Crippen LogP contribution in [0.1, 0.15) is 0 Å². The molecule has 1 aromatic carbocycles. The van der Waals surface area contributed by atoms with Gasteiger partial charge in [0.15, 0.2) is 11.6 Å².